The summed E-state index contributed by atoms with van der Waals surface area (Å²) in [4.78, 5) is 11.4. The highest BCUT2D eigenvalue weighted by Crippen LogP contribution is 2.43. The molecule has 1 saturated heterocycles. The maximum Gasteiger partial charge on any atom is 0.311 e. The van der Waals surface area contributed by atoms with Gasteiger partial charge >= 0.3 is 5.97 Å². The van der Waals surface area contributed by atoms with Crippen molar-refractivity contribution in [1.29, 1.82) is 0 Å². The third-order valence-corrected chi connectivity index (χ3v) is 5.23. The average Bonchev–Trinajstić information content (AvgIpc) is 2.93. The number of hydrogen-bond donors (Lipinski definition) is 1. The van der Waals surface area contributed by atoms with E-state index in [1.54, 1.807) is 4.68 Å². The molecule has 1 aliphatic heterocycles. The van der Waals surface area contributed by atoms with Crippen LogP contribution in [0.5, 0.6) is 0 Å². The molecule has 1 aromatic heterocycles. The molecule has 98 valence electrons. The van der Waals surface area contributed by atoms with Crippen LogP contribution in [0.2, 0.25) is 0 Å². The summed E-state index contributed by atoms with van der Waals surface area (Å²) in [6.45, 7) is 0.422. The summed E-state index contributed by atoms with van der Waals surface area (Å²) in [6, 6.07) is 0. The Hall–Kier alpha value is -1.11. The fourth-order valence-electron chi connectivity index (χ4n) is 2.68. The van der Waals surface area contributed by atoms with Crippen molar-refractivity contribution in [3.05, 3.63) is 5.82 Å². The number of carboxylic acids is 1. The smallest absolute Gasteiger partial charge is 0.311 e. The Kier molecular flexibility index (Phi) is 3.01. The molecule has 1 saturated carbocycles. The third-order valence-electron chi connectivity index (χ3n) is 4.07. The first-order chi connectivity index (χ1) is 8.71. The van der Waals surface area contributed by atoms with Crippen LogP contribution in [0.1, 0.15) is 37.4 Å². The quantitative estimate of drug-likeness (QED) is 0.882. The largest absolute Gasteiger partial charge is 0.481 e. The number of carbonyl (C=O) groups is 1. The molecule has 1 N–H and O–H groups in total. The number of aromatic nitrogens is 4. The highest BCUT2D eigenvalue weighted by atomic mass is 32.2. The predicted octanol–water partition coefficient (Wildman–Crippen LogP) is 1.15. The van der Waals surface area contributed by atoms with Crippen molar-refractivity contribution in [1.82, 2.24) is 20.2 Å². The van der Waals surface area contributed by atoms with E-state index in [2.05, 4.69) is 15.5 Å². The minimum Gasteiger partial charge on any atom is -0.481 e. The Morgan fingerprint density at radius 3 is 2.94 bits per heavy atom. The molecule has 0 bridgehead atoms. The van der Waals surface area contributed by atoms with Crippen LogP contribution in [0.3, 0.4) is 0 Å². The fraction of sp³-hybridized carbons (Fsp3) is 0.818. The summed E-state index contributed by atoms with van der Waals surface area (Å²) >= 11 is 1.91. The summed E-state index contributed by atoms with van der Waals surface area (Å²) < 4.78 is 1.73. The molecule has 6 nitrogen and oxygen atoms in total. The van der Waals surface area contributed by atoms with Gasteiger partial charge in [0.1, 0.15) is 0 Å². The molecule has 1 aromatic rings. The molecular weight excluding hydrogens is 252 g/mol. The average molecular weight is 268 g/mol. The van der Waals surface area contributed by atoms with Crippen LogP contribution in [0.25, 0.3) is 0 Å². The second-order valence-corrected chi connectivity index (χ2v) is 6.34. The predicted molar refractivity (Wildman–Crippen MR) is 66.4 cm³/mol. The van der Waals surface area contributed by atoms with Gasteiger partial charge in [0.25, 0.3) is 0 Å². The van der Waals surface area contributed by atoms with Crippen molar-refractivity contribution in [2.45, 2.75) is 38.1 Å². The molecule has 0 amide bonds. The van der Waals surface area contributed by atoms with Crippen molar-refractivity contribution >= 4 is 17.7 Å². The van der Waals surface area contributed by atoms with Gasteiger partial charge in [0.05, 0.1) is 12.0 Å². The Labute approximate surface area is 109 Å². The van der Waals surface area contributed by atoms with Gasteiger partial charge in [-0.3, -0.25) is 4.79 Å². The number of rotatable bonds is 4. The van der Waals surface area contributed by atoms with Crippen molar-refractivity contribution in [2.24, 2.45) is 5.41 Å². The Morgan fingerprint density at radius 2 is 2.39 bits per heavy atom. The lowest BCUT2D eigenvalue weighted by atomic mass is 9.69. The summed E-state index contributed by atoms with van der Waals surface area (Å²) in [5.41, 5.74) is -0.629. The topological polar surface area (TPSA) is 80.9 Å². The minimum atomic E-state index is -0.712. The van der Waals surface area contributed by atoms with E-state index in [9.17, 15) is 9.90 Å². The van der Waals surface area contributed by atoms with Crippen LogP contribution >= 0.6 is 11.8 Å². The van der Waals surface area contributed by atoms with E-state index in [-0.39, 0.29) is 0 Å². The van der Waals surface area contributed by atoms with Crippen LogP contribution < -0.4 is 0 Å². The molecule has 7 heteroatoms. The number of hydrogen-bond acceptors (Lipinski definition) is 5. The zero-order valence-corrected chi connectivity index (χ0v) is 10.9. The van der Waals surface area contributed by atoms with Crippen LogP contribution in [-0.4, -0.2) is 42.8 Å². The van der Waals surface area contributed by atoms with E-state index >= 15 is 0 Å². The maximum absolute atomic E-state index is 11.4. The van der Waals surface area contributed by atoms with Crippen LogP contribution in [-0.2, 0) is 11.3 Å². The zero-order chi connectivity index (χ0) is 12.6. The molecule has 3 rings (SSSR count). The minimum absolute atomic E-state index is 0.385. The van der Waals surface area contributed by atoms with Gasteiger partial charge in [0.2, 0.25) is 0 Å². The van der Waals surface area contributed by atoms with Crippen LogP contribution in [0.4, 0.5) is 0 Å². The Balaban J connectivity index is 1.80. The van der Waals surface area contributed by atoms with Gasteiger partial charge in [0, 0.05) is 11.7 Å². The van der Waals surface area contributed by atoms with E-state index in [1.165, 1.54) is 0 Å². The van der Waals surface area contributed by atoms with Crippen LogP contribution in [0, 0.1) is 5.41 Å². The van der Waals surface area contributed by atoms with E-state index in [1.807, 2.05) is 11.8 Å². The first-order valence-corrected chi connectivity index (χ1v) is 7.44. The molecule has 0 spiro atoms. The molecule has 0 aromatic carbocycles. The molecule has 1 unspecified atom stereocenters. The normalized spacial score (nSPS) is 25.9. The standard InChI is InChI=1S/C11H16N4O2S/c16-10(17)11(3-1-4-11)7-15-9(12-13-14-15)8-2-5-18-6-8/h8H,1-7H2,(H,16,17). The van der Waals surface area contributed by atoms with E-state index < -0.39 is 11.4 Å². The third kappa shape index (κ3) is 1.90. The summed E-state index contributed by atoms with van der Waals surface area (Å²) in [6.07, 6.45) is 3.55. The first-order valence-electron chi connectivity index (χ1n) is 6.28. The van der Waals surface area contributed by atoms with E-state index in [0.717, 1.165) is 43.0 Å². The van der Waals surface area contributed by atoms with E-state index in [4.69, 9.17) is 0 Å². The van der Waals surface area contributed by atoms with Gasteiger partial charge in [-0.15, -0.1) is 5.10 Å². The number of aliphatic carboxylic acids is 1. The fourth-order valence-corrected chi connectivity index (χ4v) is 3.90. The van der Waals surface area contributed by atoms with Gasteiger partial charge in [0.15, 0.2) is 5.82 Å². The molecule has 1 atom stereocenters. The molecule has 1 aliphatic carbocycles. The summed E-state index contributed by atoms with van der Waals surface area (Å²) in [5, 5.41) is 21.2. The Morgan fingerprint density at radius 1 is 1.56 bits per heavy atom. The van der Waals surface area contributed by atoms with E-state index in [0.29, 0.717) is 12.5 Å². The second-order valence-electron chi connectivity index (χ2n) is 5.19. The molecule has 0 radical (unpaired) electrons. The number of nitrogens with zero attached hydrogens (tertiary/aromatic N) is 4. The van der Waals surface area contributed by atoms with Crippen molar-refractivity contribution in [3.63, 3.8) is 0 Å². The van der Waals surface area contributed by atoms with Gasteiger partial charge < -0.3 is 5.11 Å². The number of tetrazole rings is 1. The lowest BCUT2D eigenvalue weighted by Crippen LogP contribution is -2.42. The zero-order valence-electron chi connectivity index (χ0n) is 10.1. The van der Waals surface area contributed by atoms with Crippen LogP contribution in [0.15, 0.2) is 0 Å². The van der Waals surface area contributed by atoms with Gasteiger partial charge in [-0.25, -0.2) is 4.68 Å². The van der Waals surface area contributed by atoms with Gasteiger partial charge in [-0.1, -0.05) is 6.42 Å². The molecule has 18 heavy (non-hydrogen) atoms. The first kappa shape index (κ1) is 12.0. The van der Waals surface area contributed by atoms with Gasteiger partial charge in [-0.05, 0) is 35.4 Å². The molecular formula is C11H16N4O2S. The SMILES string of the molecule is O=C(O)C1(Cn2nnnc2C2CCSC2)CCC1. The van der Waals surface area contributed by atoms with Gasteiger partial charge in [-0.2, -0.15) is 11.8 Å². The highest BCUT2D eigenvalue weighted by molar-refractivity contribution is 7.99. The van der Waals surface area contributed by atoms with Crippen molar-refractivity contribution in [2.75, 3.05) is 11.5 Å². The second kappa shape index (κ2) is 4.53. The molecule has 2 aliphatic rings. The lowest BCUT2D eigenvalue weighted by Gasteiger charge is -2.37. The summed E-state index contributed by atoms with van der Waals surface area (Å²) in [5.74, 6) is 2.72. The Bertz CT molecular complexity index is 452. The number of carboxylic acid groups (broad SMARTS) is 1. The van der Waals surface area contributed by atoms with Crippen molar-refractivity contribution in [3.8, 4) is 0 Å². The molecule has 2 fully saturated rings. The lowest BCUT2D eigenvalue weighted by molar-refractivity contribution is -0.156. The highest BCUT2D eigenvalue weighted by Gasteiger charge is 2.45. The van der Waals surface area contributed by atoms with Crippen molar-refractivity contribution < 1.29 is 9.90 Å². The molecule has 2 heterocycles. The maximum atomic E-state index is 11.4. The monoisotopic (exact) mass is 268 g/mol. The number of thioether (sulfide) groups is 1. The summed E-state index contributed by atoms with van der Waals surface area (Å²) in [7, 11) is 0.